The number of nitrogens with zero attached hydrogens (tertiary/aromatic N) is 5. The van der Waals surface area contributed by atoms with Crippen LogP contribution in [0.15, 0.2) is 24.3 Å². The highest BCUT2D eigenvalue weighted by Gasteiger charge is 2.33. The van der Waals surface area contributed by atoms with Gasteiger partial charge in [-0.2, -0.15) is 13.2 Å². The Morgan fingerprint density at radius 1 is 1.18 bits per heavy atom. The Bertz CT molecular complexity index is 1360. The molecule has 1 amide bonds. The molecule has 4 heterocycles. The Balaban J connectivity index is 1.58. The number of benzene rings is 1. The maximum atomic E-state index is 13.7. The zero-order valence-electron chi connectivity index (χ0n) is 22.4. The first-order chi connectivity index (χ1) is 18.5. The quantitative estimate of drug-likeness (QED) is 0.509. The molecule has 0 bridgehead atoms. The van der Waals surface area contributed by atoms with Crippen LogP contribution in [0.4, 0.5) is 24.7 Å². The number of fused-ring (bicyclic) bond motifs is 1. The number of amides is 1. The van der Waals surface area contributed by atoms with E-state index in [-0.39, 0.29) is 36.4 Å². The number of hydrogen-bond acceptors (Lipinski definition) is 7. The third-order valence-corrected chi connectivity index (χ3v) is 7.45. The van der Waals surface area contributed by atoms with Crippen LogP contribution in [-0.4, -0.2) is 76.9 Å². The predicted octanol–water partition coefficient (Wildman–Crippen LogP) is 2.82. The fourth-order valence-corrected chi connectivity index (χ4v) is 5.53. The van der Waals surface area contributed by atoms with Crippen LogP contribution in [-0.2, 0) is 28.5 Å². The number of carbonyl (C=O) groups is 1. The van der Waals surface area contributed by atoms with Gasteiger partial charge in [0.2, 0.25) is 5.91 Å². The SMILES string of the molecule is Cc1c(Cc2c(CC(=O)N3CC(C)NC(C)C3)nc3c(N)cc(N4CCOCC4)nn23)cccc1C(F)(F)F. The first-order valence-corrected chi connectivity index (χ1v) is 13.2. The molecule has 0 radical (unpaired) electrons. The van der Waals surface area contributed by atoms with Crippen molar-refractivity contribution in [2.45, 2.75) is 51.9 Å². The van der Waals surface area contributed by atoms with Crippen molar-refractivity contribution in [1.29, 1.82) is 0 Å². The zero-order valence-corrected chi connectivity index (χ0v) is 22.4. The maximum Gasteiger partial charge on any atom is 0.416 e. The van der Waals surface area contributed by atoms with Gasteiger partial charge in [-0.25, -0.2) is 9.50 Å². The molecule has 0 aliphatic carbocycles. The van der Waals surface area contributed by atoms with Crippen LogP contribution in [0.5, 0.6) is 0 Å². The highest BCUT2D eigenvalue weighted by molar-refractivity contribution is 5.80. The Morgan fingerprint density at radius 2 is 1.87 bits per heavy atom. The maximum absolute atomic E-state index is 13.7. The Morgan fingerprint density at radius 3 is 2.54 bits per heavy atom. The number of carbonyl (C=O) groups excluding carboxylic acids is 1. The number of hydrogen-bond donors (Lipinski definition) is 2. The summed E-state index contributed by atoms with van der Waals surface area (Å²) in [5.41, 5.74) is 8.16. The first kappa shape index (κ1) is 27.2. The molecule has 2 aromatic heterocycles. The Kier molecular flexibility index (Phi) is 7.43. The number of nitrogens with two attached hydrogens (primary N) is 1. The summed E-state index contributed by atoms with van der Waals surface area (Å²) in [4.78, 5) is 22.0. The number of nitrogens with one attached hydrogen (secondary N) is 1. The average molecular weight is 546 g/mol. The lowest BCUT2D eigenvalue weighted by Gasteiger charge is -2.36. The van der Waals surface area contributed by atoms with E-state index in [1.807, 2.05) is 23.6 Å². The summed E-state index contributed by atoms with van der Waals surface area (Å²) in [6, 6.07) is 6.21. The van der Waals surface area contributed by atoms with Gasteiger partial charge < -0.3 is 25.6 Å². The van der Waals surface area contributed by atoms with E-state index in [1.54, 1.807) is 16.6 Å². The smallest absolute Gasteiger partial charge is 0.396 e. The van der Waals surface area contributed by atoms with E-state index in [4.69, 9.17) is 20.6 Å². The highest BCUT2D eigenvalue weighted by atomic mass is 19.4. The Hall–Kier alpha value is -3.38. The molecule has 2 aliphatic rings. The van der Waals surface area contributed by atoms with Gasteiger partial charge in [-0.15, -0.1) is 5.10 Å². The van der Waals surface area contributed by atoms with Crippen LogP contribution in [0.3, 0.4) is 0 Å². The number of rotatable bonds is 5. The van der Waals surface area contributed by atoms with Crippen molar-refractivity contribution in [1.82, 2.24) is 24.8 Å². The summed E-state index contributed by atoms with van der Waals surface area (Å²) in [5.74, 6) is 0.540. The summed E-state index contributed by atoms with van der Waals surface area (Å²) in [5, 5.41) is 8.23. The molecule has 3 aromatic rings. The molecule has 1 aromatic carbocycles. The monoisotopic (exact) mass is 545 g/mol. The van der Waals surface area contributed by atoms with Crippen LogP contribution in [0.1, 0.15) is 41.9 Å². The number of halogens is 3. The number of imidazole rings is 1. The molecule has 2 unspecified atom stereocenters. The first-order valence-electron chi connectivity index (χ1n) is 13.2. The van der Waals surface area contributed by atoms with Crippen molar-refractivity contribution in [2.24, 2.45) is 0 Å². The summed E-state index contributed by atoms with van der Waals surface area (Å²) in [6.07, 6.45) is -4.35. The fraction of sp³-hybridized carbons (Fsp3) is 0.519. The second-order valence-electron chi connectivity index (χ2n) is 10.5. The van der Waals surface area contributed by atoms with Crippen molar-refractivity contribution in [2.75, 3.05) is 50.0 Å². The molecule has 39 heavy (non-hydrogen) atoms. The number of aromatic nitrogens is 3. The van der Waals surface area contributed by atoms with Crippen molar-refractivity contribution in [3.8, 4) is 0 Å². The second kappa shape index (κ2) is 10.6. The summed E-state index contributed by atoms with van der Waals surface area (Å²) < 4.78 is 48.1. The average Bonchev–Trinajstić information content (AvgIpc) is 3.21. The van der Waals surface area contributed by atoms with Gasteiger partial charge in [-0.1, -0.05) is 12.1 Å². The van der Waals surface area contributed by atoms with E-state index in [0.29, 0.717) is 73.5 Å². The number of anilines is 2. The van der Waals surface area contributed by atoms with E-state index in [9.17, 15) is 18.0 Å². The van der Waals surface area contributed by atoms with Gasteiger partial charge in [0.15, 0.2) is 11.5 Å². The van der Waals surface area contributed by atoms with Crippen LogP contribution < -0.4 is 16.0 Å². The number of ether oxygens (including phenoxy) is 1. The Labute approximate surface area is 225 Å². The van der Waals surface area contributed by atoms with E-state index in [0.717, 1.165) is 6.07 Å². The lowest BCUT2D eigenvalue weighted by atomic mass is 9.97. The van der Waals surface area contributed by atoms with Gasteiger partial charge in [0, 0.05) is 50.7 Å². The van der Waals surface area contributed by atoms with Crippen molar-refractivity contribution >= 4 is 23.1 Å². The third-order valence-electron chi connectivity index (χ3n) is 7.45. The van der Waals surface area contributed by atoms with Crippen molar-refractivity contribution in [3.05, 3.63) is 52.3 Å². The molecule has 210 valence electrons. The minimum atomic E-state index is -4.47. The minimum Gasteiger partial charge on any atom is -0.396 e. The predicted molar refractivity (Wildman–Crippen MR) is 142 cm³/mol. The van der Waals surface area contributed by atoms with Crippen LogP contribution >= 0.6 is 0 Å². The molecule has 2 aliphatic heterocycles. The van der Waals surface area contributed by atoms with Gasteiger partial charge in [0.1, 0.15) is 0 Å². The van der Waals surface area contributed by atoms with E-state index >= 15 is 0 Å². The second-order valence-corrected chi connectivity index (χ2v) is 10.5. The molecule has 5 rings (SSSR count). The molecule has 2 fully saturated rings. The summed E-state index contributed by atoms with van der Waals surface area (Å²) >= 11 is 0. The summed E-state index contributed by atoms with van der Waals surface area (Å²) in [6.45, 7) is 9.05. The molecule has 12 heteroatoms. The van der Waals surface area contributed by atoms with Gasteiger partial charge >= 0.3 is 6.18 Å². The molecular weight excluding hydrogens is 511 g/mol. The van der Waals surface area contributed by atoms with Crippen LogP contribution in [0.2, 0.25) is 0 Å². The standard InChI is InChI=1S/C27H34F3N7O2/c1-16-14-36(15-17(2)32-16)25(38)13-22-23(11-19-5-4-6-20(18(19)3)27(28,29)30)37-26(33-22)21(31)12-24(34-37)35-7-9-39-10-8-35/h4-6,12,16-17,32H,7-11,13-15,31H2,1-3H3. The highest BCUT2D eigenvalue weighted by Crippen LogP contribution is 2.34. The lowest BCUT2D eigenvalue weighted by Crippen LogP contribution is -2.56. The number of morpholine rings is 1. The lowest BCUT2D eigenvalue weighted by molar-refractivity contribution is -0.138. The van der Waals surface area contributed by atoms with Gasteiger partial charge in [0.05, 0.1) is 42.3 Å². The number of nitrogen functional groups attached to an aromatic ring is 1. The molecule has 2 atom stereocenters. The molecule has 0 spiro atoms. The zero-order chi connectivity index (χ0) is 27.9. The topological polar surface area (TPSA) is 101 Å². The minimum absolute atomic E-state index is 0.00245. The van der Waals surface area contributed by atoms with Gasteiger partial charge in [-0.05, 0) is 38.0 Å². The van der Waals surface area contributed by atoms with Crippen LogP contribution in [0, 0.1) is 6.92 Å². The molecule has 9 nitrogen and oxygen atoms in total. The van der Waals surface area contributed by atoms with Crippen LogP contribution in [0.25, 0.3) is 5.65 Å². The molecule has 2 saturated heterocycles. The third kappa shape index (κ3) is 5.67. The van der Waals surface area contributed by atoms with Crippen molar-refractivity contribution in [3.63, 3.8) is 0 Å². The van der Waals surface area contributed by atoms with Gasteiger partial charge in [-0.3, -0.25) is 4.79 Å². The number of alkyl halides is 3. The van der Waals surface area contributed by atoms with Gasteiger partial charge in [0.25, 0.3) is 0 Å². The summed E-state index contributed by atoms with van der Waals surface area (Å²) in [7, 11) is 0. The fourth-order valence-electron chi connectivity index (χ4n) is 5.53. The van der Waals surface area contributed by atoms with E-state index < -0.39 is 11.7 Å². The molecule has 0 saturated carbocycles. The van der Waals surface area contributed by atoms with E-state index in [2.05, 4.69) is 5.32 Å². The number of piperazine rings is 1. The van der Waals surface area contributed by atoms with E-state index in [1.165, 1.54) is 13.0 Å². The largest absolute Gasteiger partial charge is 0.416 e. The normalized spacial score (nSPS) is 20.6. The molecule has 3 N–H and O–H groups in total. The van der Waals surface area contributed by atoms with Crippen molar-refractivity contribution < 1.29 is 22.7 Å². The molecular formula is C27H34F3N7O2.